The van der Waals surface area contributed by atoms with Crippen LogP contribution in [0.4, 0.5) is 34.6 Å². The average Bonchev–Trinajstić information content (AvgIpc) is 3.57. The largest absolute Gasteiger partial charge is 0.382 e. The molecule has 0 aliphatic carbocycles. The number of hydrogen-bond acceptors (Lipinski definition) is 13. The zero-order valence-electron chi connectivity index (χ0n) is 23.7. The zero-order chi connectivity index (χ0) is 27.1. The number of nitrogens with zero attached hydrogens (tertiary/aromatic N) is 15. The molecular weight excluding hydrogens is 846 g/mol. The van der Waals surface area contributed by atoms with Gasteiger partial charge in [-0.05, 0) is 13.8 Å². The first-order valence-electron chi connectivity index (χ1n) is 11.1. The molecule has 0 saturated carbocycles. The van der Waals surface area contributed by atoms with E-state index in [4.69, 9.17) is 11.5 Å². The summed E-state index contributed by atoms with van der Waals surface area (Å²) < 4.78 is 5.73. The van der Waals surface area contributed by atoms with Gasteiger partial charge >= 0.3 is 0 Å². The number of aryl methyl sites for hydroxylation is 6. The Kier molecular flexibility index (Phi) is 15.3. The van der Waals surface area contributed by atoms with Crippen LogP contribution in [0.2, 0.25) is 0 Å². The standard InChI is InChI=1S/C21H22N17.4Y/c1-10-7-26-35(5)18(10)31-29-14-12(3)33-37(16(14)22)20-24-9-25-21(28-20)38-17(23)15(13(4)34-38)30-32-19-11(2)8-27-36(19)6;;;;/h22-23H2,1-6H3;;;;/q-3;;;;. The molecule has 5 rings (SSSR count). The second-order valence-electron chi connectivity index (χ2n) is 8.27. The van der Waals surface area contributed by atoms with Crippen LogP contribution in [0, 0.1) is 46.4 Å². The molecule has 0 unspecified atom stereocenters. The van der Waals surface area contributed by atoms with Gasteiger partial charge in [0.15, 0.2) is 0 Å². The Morgan fingerprint density at radius 3 is 1.33 bits per heavy atom. The van der Waals surface area contributed by atoms with Gasteiger partial charge in [-0.15, -0.1) is 12.4 Å². The van der Waals surface area contributed by atoms with E-state index in [1.165, 1.54) is 9.36 Å². The summed E-state index contributed by atoms with van der Waals surface area (Å²) in [5.74, 6) is 1.59. The first-order valence-corrected chi connectivity index (χ1v) is 11.1. The van der Waals surface area contributed by atoms with Gasteiger partial charge in [-0.3, -0.25) is 0 Å². The fraction of sp³-hybridized carbons (Fsp3) is 0.286. The summed E-state index contributed by atoms with van der Waals surface area (Å²) >= 11 is 0. The van der Waals surface area contributed by atoms with Crippen molar-refractivity contribution in [2.24, 2.45) is 34.6 Å². The Labute approximate surface area is 341 Å². The van der Waals surface area contributed by atoms with Crippen molar-refractivity contribution in [3.8, 4) is 11.9 Å². The summed E-state index contributed by atoms with van der Waals surface area (Å²) in [5.41, 5.74) is 15.9. The van der Waals surface area contributed by atoms with E-state index in [-0.39, 0.29) is 154 Å². The van der Waals surface area contributed by atoms with Crippen LogP contribution in [-0.2, 0) is 145 Å². The molecule has 0 spiro atoms. The average molecular weight is 868 g/mol. The zero-order valence-corrected chi connectivity index (χ0v) is 35.0. The fourth-order valence-corrected chi connectivity index (χ4v) is 3.52. The molecule has 42 heavy (non-hydrogen) atoms. The summed E-state index contributed by atoms with van der Waals surface area (Å²) in [4.78, 5) is 12.6. The van der Waals surface area contributed by atoms with Crippen molar-refractivity contribution >= 4 is 34.6 Å². The van der Waals surface area contributed by atoms with Crippen molar-refractivity contribution in [2.45, 2.75) is 27.7 Å². The van der Waals surface area contributed by atoms with Gasteiger partial charge in [0.2, 0.25) is 0 Å². The quantitative estimate of drug-likeness (QED) is 0.189. The van der Waals surface area contributed by atoms with Crippen molar-refractivity contribution in [1.82, 2.24) is 54.1 Å². The molecule has 0 saturated heterocycles. The van der Waals surface area contributed by atoms with E-state index in [1.54, 1.807) is 37.3 Å². The normalized spacial score (nSPS) is 10.8. The molecule has 0 aliphatic rings. The maximum absolute atomic E-state index is 6.33. The van der Waals surface area contributed by atoms with Crippen molar-refractivity contribution in [2.75, 3.05) is 11.5 Å². The van der Waals surface area contributed by atoms with E-state index in [1.807, 2.05) is 13.8 Å². The minimum atomic E-state index is 0. The Morgan fingerprint density at radius 2 is 1.00 bits per heavy atom. The maximum Gasteiger partial charge on any atom is 0.148 e. The third-order valence-electron chi connectivity index (χ3n) is 5.51. The fourth-order valence-electron chi connectivity index (χ4n) is 3.52. The Morgan fingerprint density at radius 1 is 0.619 bits per heavy atom. The van der Waals surface area contributed by atoms with Crippen LogP contribution >= 0.6 is 0 Å². The number of nitrogen functional groups attached to an aromatic ring is 2. The summed E-state index contributed by atoms with van der Waals surface area (Å²) in [6, 6.07) is 0. The molecular formula is C21H22N17Y4-3. The predicted molar refractivity (Wildman–Crippen MR) is 133 cm³/mol. The number of rotatable bonds is 6. The first-order chi connectivity index (χ1) is 18.2. The second-order valence-corrected chi connectivity index (χ2v) is 8.27. The minimum Gasteiger partial charge on any atom is -0.382 e. The van der Waals surface area contributed by atoms with Gasteiger partial charge in [-0.25, -0.2) is 19.6 Å². The summed E-state index contributed by atoms with van der Waals surface area (Å²) in [6.07, 6.45) is 8.19. The van der Waals surface area contributed by atoms with Crippen molar-refractivity contribution in [3.05, 3.63) is 41.2 Å². The molecule has 4 N–H and O–H groups in total. The van der Waals surface area contributed by atoms with Crippen LogP contribution in [0.5, 0.6) is 0 Å². The monoisotopic (exact) mass is 868 g/mol. The topological polar surface area (TPSA) is 211 Å². The summed E-state index contributed by atoms with van der Waals surface area (Å²) in [7, 11) is 3.49. The molecule has 0 bridgehead atoms. The minimum absolute atomic E-state index is 0. The van der Waals surface area contributed by atoms with Crippen LogP contribution in [0.1, 0.15) is 22.5 Å². The smallest absolute Gasteiger partial charge is 0.148 e. The maximum atomic E-state index is 6.33. The Bertz CT molecular complexity index is 1570. The van der Waals surface area contributed by atoms with Crippen LogP contribution < -0.4 is 11.5 Å². The molecule has 5 aromatic heterocycles. The molecule has 4 radical (unpaired) electrons. The van der Waals surface area contributed by atoms with E-state index < -0.39 is 0 Å². The van der Waals surface area contributed by atoms with Crippen LogP contribution in [0.3, 0.4) is 0 Å². The van der Waals surface area contributed by atoms with E-state index in [2.05, 4.69) is 74.5 Å². The van der Waals surface area contributed by atoms with Gasteiger partial charge in [0.25, 0.3) is 0 Å². The summed E-state index contributed by atoms with van der Waals surface area (Å²) in [5, 5.41) is 33.9. The SMILES string of the molecule is Cc1[c-]nn(C)c1N=Nc1c(C)nn(-c2n[c-]nc(-n3nc(C)c(N=Nc4c(C)[c-]nn4C)c3N)n2)c1N.[Y].[Y].[Y].[Y]. The molecule has 5 heterocycles. The molecule has 17 nitrogen and oxygen atoms in total. The van der Waals surface area contributed by atoms with Crippen molar-refractivity contribution in [1.29, 1.82) is 0 Å². The van der Waals surface area contributed by atoms with Gasteiger partial charge in [0, 0.05) is 163 Å². The number of hydrogen-bond donors (Lipinski definition) is 2. The van der Waals surface area contributed by atoms with Crippen LogP contribution in [0.25, 0.3) is 11.9 Å². The van der Waals surface area contributed by atoms with E-state index in [0.29, 0.717) is 34.4 Å². The third kappa shape index (κ3) is 7.82. The Hall–Kier alpha value is -0.934. The first kappa shape index (κ1) is 39.1. The number of anilines is 2. The third-order valence-corrected chi connectivity index (χ3v) is 5.51. The van der Waals surface area contributed by atoms with Gasteiger partial charge in [-0.2, -0.15) is 31.6 Å². The van der Waals surface area contributed by atoms with E-state index in [0.717, 1.165) is 11.1 Å². The molecule has 5 aromatic rings. The Balaban J connectivity index is 0.00000220. The molecule has 21 heteroatoms. The van der Waals surface area contributed by atoms with Gasteiger partial charge < -0.3 is 46.0 Å². The number of nitrogens with two attached hydrogens (primary N) is 2. The predicted octanol–water partition coefficient (Wildman–Crippen LogP) is 2.33. The molecule has 0 fully saturated rings. The second kappa shape index (κ2) is 16.4. The molecule has 0 aliphatic heterocycles. The number of aromatic nitrogens is 11. The summed E-state index contributed by atoms with van der Waals surface area (Å²) in [6.45, 7) is 7.14. The van der Waals surface area contributed by atoms with E-state index in [9.17, 15) is 0 Å². The van der Waals surface area contributed by atoms with Crippen molar-refractivity contribution < 1.29 is 131 Å². The van der Waals surface area contributed by atoms with Crippen LogP contribution in [0.15, 0.2) is 20.5 Å². The van der Waals surface area contributed by atoms with Gasteiger partial charge in [0.1, 0.15) is 34.9 Å². The molecule has 0 aromatic carbocycles. The van der Waals surface area contributed by atoms with Gasteiger partial charge in [-0.1, -0.05) is 13.8 Å². The van der Waals surface area contributed by atoms with Crippen molar-refractivity contribution in [3.63, 3.8) is 0 Å². The molecule has 0 amide bonds. The molecule has 206 valence electrons. The molecule has 0 atom stereocenters. The number of azo groups is 2. The van der Waals surface area contributed by atoms with Crippen LogP contribution in [-0.4, -0.2) is 54.1 Å². The van der Waals surface area contributed by atoms with Gasteiger partial charge in [0.05, 0.1) is 11.4 Å². The van der Waals surface area contributed by atoms with E-state index >= 15 is 0 Å².